The van der Waals surface area contributed by atoms with E-state index < -0.39 is 0 Å². The molecule has 1 saturated heterocycles. The van der Waals surface area contributed by atoms with Crippen LogP contribution in [-0.2, 0) is 9.53 Å². The van der Waals surface area contributed by atoms with Crippen LogP contribution in [-0.4, -0.2) is 45.9 Å². The second-order valence-electron chi connectivity index (χ2n) is 5.12. The van der Waals surface area contributed by atoms with Crippen molar-refractivity contribution in [3.05, 3.63) is 35.4 Å². The topological polar surface area (TPSA) is 81.2 Å². The molecule has 6 nitrogen and oxygen atoms in total. The molecule has 0 unspecified atom stereocenters. The van der Waals surface area contributed by atoms with E-state index in [9.17, 15) is 9.59 Å². The summed E-state index contributed by atoms with van der Waals surface area (Å²) >= 11 is 6.35. The fourth-order valence-electron chi connectivity index (χ4n) is 2.15. The molecule has 2 heterocycles. The Morgan fingerprint density at radius 2 is 1.96 bits per heavy atom. The molecule has 1 amide bonds. The van der Waals surface area contributed by atoms with Crippen LogP contribution >= 0.6 is 46.6 Å². The number of nitrogens with zero attached hydrogens (tertiary/aromatic N) is 2. The fourth-order valence-corrected chi connectivity index (χ4v) is 6.56. The predicted molar refractivity (Wildman–Crippen MR) is 109 cm³/mol. The van der Waals surface area contributed by atoms with Crippen LogP contribution in [0.3, 0.4) is 0 Å². The Bertz CT molecular complexity index is 760. The number of carbonyl (C=O) groups is 2. The van der Waals surface area contributed by atoms with Crippen molar-refractivity contribution in [3.63, 3.8) is 0 Å². The molecule has 0 bridgehead atoms. The third-order valence-corrected chi connectivity index (χ3v) is 8.36. The molecular weight excluding hydrogens is 410 g/mol. The first-order chi connectivity index (χ1) is 12.7. The van der Waals surface area contributed by atoms with E-state index >= 15 is 0 Å². The van der Waals surface area contributed by atoms with Crippen molar-refractivity contribution in [2.45, 2.75) is 15.8 Å². The van der Waals surface area contributed by atoms with E-state index in [2.05, 4.69) is 15.5 Å². The molecule has 3 rings (SSSR count). The molecule has 0 radical (unpaired) electrons. The highest BCUT2D eigenvalue weighted by Crippen LogP contribution is 2.45. The van der Waals surface area contributed by atoms with Gasteiger partial charge in [-0.3, -0.25) is 14.9 Å². The zero-order valence-corrected chi connectivity index (χ0v) is 17.2. The molecular formula is C16H17N3O3S4. The number of hydrogen-bond donors (Lipinski definition) is 1. The van der Waals surface area contributed by atoms with E-state index in [1.165, 1.54) is 40.2 Å². The van der Waals surface area contributed by atoms with Gasteiger partial charge in [0, 0.05) is 17.1 Å². The number of aromatic nitrogens is 2. The number of amides is 1. The number of thioether (sulfide) groups is 3. The van der Waals surface area contributed by atoms with Gasteiger partial charge in [0.1, 0.15) is 0 Å². The van der Waals surface area contributed by atoms with Crippen molar-refractivity contribution in [1.82, 2.24) is 10.2 Å². The summed E-state index contributed by atoms with van der Waals surface area (Å²) in [6.07, 6.45) is 0. The van der Waals surface area contributed by atoms with Gasteiger partial charge in [0.05, 0.1) is 16.9 Å². The van der Waals surface area contributed by atoms with Crippen molar-refractivity contribution in [1.29, 1.82) is 0 Å². The number of hydrogen-bond acceptors (Lipinski definition) is 9. The molecule has 2 aromatic rings. The quantitative estimate of drug-likeness (QED) is 0.404. The van der Waals surface area contributed by atoms with Gasteiger partial charge in [-0.1, -0.05) is 35.2 Å². The zero-order chi connectivity index (χ0) is 18.4. The molecule has 0 atom stereocenters. The van der Waals surface area contributed by atoms with E-state index in [0.29, 0.717) is 26.2 Å². The Kier molecular flexibility index (Phi) is 7.23. The van der Waals surface area contributed by atoms with Gasteiger partial charge in [-0.15, -0.1) is 33.7 Å². The third kappa shape index (κ3) is 5.38. The van der Waals surface area contributed by atoms with Crippen molar-refractivity contribution in [2.75, 3.05) is 29.2 Å². The SMILES string of the molecule is CCOC(=O)CSc1nnc(NC(=O)c2ccc(C3SCCS3)cc2)s1. The summed E-state index contributed by atoms with van der Waals surface area (Å²) in [5, 5.41) is 11.1. The van der Waals surface area contributed by atoms with Gasteiger partial charge >= 0.3 is 5.97 Å². The Hall–Kier alpha value is -1.23. The molecule has 1 aromatic carbocycles. The summed E-state index contributed by atoms with van der Waals surface area (Å²) in [6, 6.07) is 7.68. The molecule has 1 aliphatic heterocycles. The minimum Gasteiger partial charge on any atom is -0.465 e. The zero-order valence-electron chi connectivity index (χ0n) is 14.0. The number of ether oxygens (including phenoxy) is 1. The van der Waals surface area contributed by atoms with Gasteiger partial charge in [-0.05, 0) is 24.6 Å². The van der Waals surface area contributed by atoms with Crippen LogP contribution in [0.15, 0.2) is 28.6 Å². The second-order valence-corrected chi connectivity index (χ2v) is 10.0. The lowest BCUT2D eigenvalue weighted by molar-refractivity contribution is -0.139. The number of carbonyl (C=O) groups excluding carboxylic acids is 2. The molecule has 1 aliphatic rings. The summed E-state index contributed by atoms with van der Waals surface area (Å²) in [5.41, 5.74) is 1.82. The van der Waals surface area contributed by atoms with E-state index in [-0.39, 0.29) is 17.6 Å². The smallest absolute Gasteiger partial charge is 0.316 e. The van der Waals surface area contributed by atoms with Crippen LogP contribution in [0.1, 0.15) is 27.4 Å². The Morgan fingerprint density at radius 1 is 1.23 bits per heavy atom. The summed E-state index contributed by atoms with van der Waals surface area (Å²) < 4.78 is 5.94. The predicted octanol–water partition coefficient (Wildman–Crippen LogP) is 3.92. The summed E-state index contributed by atoms with van der Waals surface area (Å²) in [5.74, 6) is 2.00. The average Bonchev–Trinajstić information content (AvgIpc) is 3.32. The monoisotopic (exact) mass is 427 g/mol. The van der Waals surface area contributed by atoms with Crippen LogP contribution in [0.5, 0.6) is 0 Å². The molecule has 10 heteroatoms. The number of benzene rings is 1. The van der Waals surface area contributed by atoms with Crippen molar-refractivity contribution in [3.8, 4) is 0 Å². The highest BCUT2D eigenvalue weighted by atomic mass is 32.2. The molecule has 1 fully saturated rings. The standard InChI is InChI=1S/C16H17N3O3S4/c1-2-22-12(20)9-25-16-19-18-15(26-16)17-13(21)10-3-5-11(6-4-10)14-23-7-8-24-14/h3-6,14H,2,7-9H2,1H3,(H,17,18,21). The second kappa shape index (κ2) is 9.63. The fraction of sp³-hybridized carbons (Fsp3) is 0.375. The van der Waals surface area contributed by atoms with Crippen LogP contribution in [0.4, 0.5) is 5.13 Å². The number of esters is 1. The lowest BCUT2D eigenvalue weighted by Gasteiger charge is -2.08. The lowest BCUT2D eigenvalue weighted by atomic mass is 10.1. The first-order valence-corrected chi connectivity index (χ1v) is 11.8. The minimum absolute atomic E-state index is 0.176. The van der Waals surface area contributed by atoms with Crippen LogP contribution in [0.2, 0.25) is 0 Å². The molecule has 138 valence electrons. The minimum atomic E-state index is -0.294. The van der Waals surface area contributed by atoms with Crippen molar-refractivity contribution < 1.29 is 14.3 Å². The van der Waals surface area contributed by atoms with Gasteiger partial charge in [0.15, 0.2) is 4.34 Å². The van der Waals surface area contributed by atoms with E-state index in [1.54, 1.807) is 6.92 Å². The number of nitrogens with one attached hydrogen (secondary N) is 1. The third-order valence-electron chi connectivity index (χ3n) is 3.31. The van der Waals surface area contributed by atoms with Crippen LogP contribution < -0.4 is 5.32 Å². The summed E-state index contributed by atoms with van der Waals surface area (Å²) in [7, 11) is 0. The van der Waals surface area contributed by atoms with E-state index in [1.807, 2.05) is 47.8 Å². The summed E-state index contributed by atoms with van der Waals surface area (Å²) in [4.78, 5) is 23.7. The van der Waals surface area contributed by atoms with Crippen molar-refractivity contribution >= 4 is 63.6 Å². The average molecular weight is 428 g/mol. The van der Waals surface area contributed by atoms with Crippen LogP contribution in [0.25, 0.3) is 0 Å². The summed E-state index contributed by atoms with van der Waals surface area (Å²) in [6.45, 7) is 2.12. The normalized spacial score (nSPS) is 14.3. The number of rotatable bonds is 7. The highest BCUT2D eigenvalue weighted by molar-refractivity contribution is 8.19. The highest BCUT2D eigenvalue weighted by Gasteiger charge is 2.19. The Morgan fingerprint density at radius 3 is 2.65 bits per heavy atom. The van der Waals surface area contributed by atoms with Gasteiger partial charge in [0.25, 0.3) is 5.91 Å². The first kappa shape index (κ1) is 19.5. The molecule has 0 spiro atoms. The molecule has 26 heavy (non-hydrogen) atoms. The maximum Gasteiger partial charge on any atom is 0.316 e. The molecule has 0 aliphatic carbocycles. The molecule has 1 aromatic heterocycles. The van der Waals surface area contributed by atoms with E-state index in [0.717, 1.165) is 0 Å². The van der Waals surface area contributed by atoms with Crippen LogP contribution in [0, 0.1) is 0 Å². The maximum atomic E-state index is 12.3. The van der Waals surface area contributed by atoms with Gasteiger partial charge < -0.3 is 4.74 Å². The maximum absolute atomic E-state index is 12.3. The van der Waals surface area contributed by atoms with Crippen molar-refractivity contribution in [2.24, 2.45) is 0 Å². The lowest BCUT2D eigenvalue weighted by Crippen LogP contribution is -2.11. The Labute approximate surface area is 168 Å². The van der Waals surface area contributed by atoms with E-state index in [4.69, 9.17) is 4.74 Å². The number of anilines is 1. The largest absolute Gasteiger partial charge is 0.465 e. The molecule has 1 N–H and O–H groups in total. The Balaban J connectivity index is 1.53. The molecule has 0 saturated carbocycles. The first-order valence-electron chi connectivity index (χ1n) is 7.92. The van der Waals surface area contributed by atoms with Gasteiger partial charge in [0.2, 0.25) is 5.13 Å². The van der Waals surface area contributed by atoms with Gasteiger partial charge in [-0.25, -0.2) is 0 Å². The van der Waals surface area contributed by atoms with Gasteiger partial charge in [-0.2, -0.15) is 0 Å².